The van der Waals surface area contributed by atoms with Gasteiger partial charge in [-0.3, -0.25) is 9.59 Å². The summed E-state index contributed by atoms with van der Waals surface area (Å²) in [5, 5.41) is 7.15. The number of rotatable bonds is 7. The van der Waals surface area contributed by atoms with Crippen LogP contribution >= 0.6 is 11.3 Å². The average Bonchev–Trinajstić information content (AvgIpc) is 3.24. The van der Waals surface area contributed by atoms with Crippen molar-refractivity contribution in [3.63, 3.8) is 0 Å². The summed E-state index contributed by atoms with van der Waals surface area (Å²) in [5.41, 5.74) is 1.22. The molecule has 30 heavy (non-hydrogen) atoms. The molecule has 1 unspecified atom stereocenters. The van der Waals surface area contributed by atoms with Crippen molar-refractivity contribution in [1.29, 1.82) is 0 Å². The summed E-state index contributed by atoms with van der Waals surface area (Å²) in [7, 11) is 0. The molecule has 1 aliphatic rings. The van der Waals surface area contributed by atoms with E-state index in [2.05, 4.69) is 16.8 Å². The predicted octanol–water partition coefficient (Wildman–Crippen LogP) is 4.15. The minimum atomic E-state index is -0.511. The fraction of sp³-hybridized carbons (Fsp3) is 0.333. The topological polar surface area (TPSA) is 58.6 Å². The summed E-state index contributed by atoms with van der Waals surface area (Å²) in [6, 6.07) is 15.3. The van der Waals surface area contributed by atoms with E-state index in [9.17, 15) is 9.59 Å². The van der Waals surface area contributed by atoms with Gasteiger partial charge in [-0.2, -0.15) is 0 Å². The van der Waals surface area contributed by atoms with E-state index >= 15 is 0 Å². The van der Waals surface area contributed by atoms with E-state index in [1.54, 1.807) is 11.3 Å². The molecule has 1 aliphatic heterocycles. The van der Waals surface area contributed by atoms with Gasteiger partial charge in [0, 0.05) is 18.0 Å². The number of hydrogen-bond donors (Lipinski definition) is 1. The maximum atomic E-state index is 13.0. The van der Waals surface area contributed by atoms with Gasteiger partial charge >= 0.3 is 0 Å². The first-order chi connectivity index (χ1) is 14.6. The standard InChI is InChI=1S/C24H26N2O3S/c1-2-5-21(24(28)26-12-10-22-19(15-26)11-13-30-22)25-23(27)16-29-20-9-8-17-6-3-4-7-18(17)14-20/h3-4,6-9,11,13-14,21H,2,5,10,12,15-16H2,1H3,(H,25,27). The number of fused-ring (bicyclic) bond motifs is 2. The molecule has 0 saturated carbocycles. The van der Waals surface area contributed by atoms with Gasteiger partial charge in [0.2, 0.25) is 5.91 Å². The minimum absolute atomic E-state index is 0.00671. The van der Waals surface area contributed by atoms with Crippen molar-refractivity contribution < 1.29 is 14.3 Å². The Morgan fingerprint density at radius 2 is 2.00 bits per heavy atom. The molecule has 1 atom stereocenters. The van der Waals surface area contributed by atoms with Crippen LogP contribution < -0.4 is 10.1 Å². The lowest BCUT2D eigenvalue weighted by Crippen LogP contribution is -2.50. The third-order valence-electron chi connectivity index (χ3n) is 5.42. The van der Waals surface area contributed by atoms with Crippen LogP contribution in [-0.4, -0.2) is 35.9 Å². The third-order valence-corrected chi connectivity index (χ3v) is 6.44. The number of carbonyl (C=O) groups is 2. The lowest BCUT2D eigenvalue weighted by atomic mass is 10.1. The number of nitrogens with one attached hydrogen (secondary N) is 1. The Balaban J connectivity index is 1.35. The number of benzene rings is 2. The maximum Gasteiger partial charge on any atom is 0.258 e. The molecule has 2 heterocycles. The number of amides is 2. The number of ether oxygens (including phenoxy) is 1. The summed E-state index contributed by atoms with van der Waals surface area (Å²) in [6.07, 6.45) is 2.32. The highest BCUT2D eigenvalue weighted by molar-refractivity contribution is 7.10. The van der Waals surface area contributed by atoms with Crippen molar-refractivity contribution in [3.05, 3.63) is 64.4 Å². The van der Waals surface area contributed by atoms with E-state index in [0.29, 0.717) is 25.3 Å². The zero-order valence-electron chi connectivity index (χ0n) is 17.1. The van der Waals surface area contributed by atoms with E-state index in [1.807, 2.05) is 54.3 Å². The molecule has 4 rings (SSSR count). The van der Waals surface area contributed by atoms with Crippen LogP contribution in [-0.2, 0) is 22.6 Å². The van der Waals surface area contributed by atoms with Crippen LogP contribution in [0.5, 0.6) is 5.75 Å². The SMILES string of the molecule is CCCC(NC(=O)COc1ccc2ccccc2c1)C(=O)N1CCc2sccc2C1. The molecule has 0 fully saturated rings. The highest BCUT2D eigenvalue weighted by Gasteiger charge is 2.28. The van der Waals surface area contributed by atoms with Crippen LogP contribution in [0, 0.1) is 0 Å². The molecule has 6 heteroatoms. The van der Waals surface area contributed by atoms with E-state index in [1.165, 1.54) is 10.4 Å². The summed E-state index contributed by atoms with van der Waals surface area (Å²) < 4.78 is 5.68. The van der Waals surface area contributed by atoms with Gasteiger partial charge in [0.05, 0.1) is 0 Å². The summed E-state index contributed by atoms with van der Waals surface area (Å²) in [4.78, 5) is 28.8. The van der Waals surface area contributed by atoms with Gasteiger partial charge in [0.25, 0.3) is 5.91 Å². The van der Waals surface area contributed by atoms with Crippen LogP contribution in [0.4, 0.5) is 0 Å². The zero-order valence-corrected chi connectivity index (χ0v) is 17.9. The summed E-state index contributed by atoms with van der Waals surface area (Å²) in [6.45, 7) is 3.24. The van der Waals surface area contributed by atoms with Gasteiger partial charge in [-0.15, -0.1) is 11.3 Å². The van der Waals surface area contributed by atoms with Crippen LogP contribution in [0.3, 0.4) is 0 Å². The van der Waals surface area contributed by atoms with Crippen molar-refractivity contribution in [1.82, 2.24) is 10.2 Å². The van der Waals surface area contributed by atoms with Crippen LogP contribution in [0.2, 0.25) is 0 Å². The molecule has 0 radical (unpaired) electrons. The van der Waals surface area contributed by atoms with E-state index < -0.39 is 6.04 Å². The molecule has 1 N–H and O–H groups in total. The molecule has 0 spiro atoms. The Hall–Kier alpha value is -2.86. The Labute approximate surface area is 180 Å². The Morgan fingerprint density at radius 3 is 2.83 bits per heavy atom. The number of thiophene rings is 1. The monoisotopic (exact) mass is 422 g/mol. The van der Waals surface area contributed by atoms with E-state index in [0.717, 1.165) is 23.6 Å². The van der Waals surface area contributed by atoms with Crippen LogP contribution in [0.1, 0.15) is 30.2 Å². The lowest BCUT2D eigenvalue weighted by molar-refractivity contribution is -0.137. The number of hydrogen-bond acceptors (Lipinski definition) is 4. The van der Waals surface area contributed by atoms with Crippen molar-refractivity contribution in [2.45, 2.75) is 38.8 Å². The largest absolute Gasteiger partial charge is 0.484 e. The quantitative estimate of drug-likeness (QED) is 0.622. The van der Waals surface area contributed by atoms with Crippen LogP contribution in [0.25, 0.3) is 10.8 Å². The van der Waals surface area contributed by atoms with Gasteiger partial charge in [-0.1, -0.05) is 43.7 Å². The summed E-state index contributed by atoms with van der Waals surface area (Å²) in [5.74, 6) is 0.360. The van der Waals surface area contributed by atoms with Crippen molar-refractivity contribution in [2.24, 2.45) is 0 Å². The minimum Gasteiger partial charge on any atom is -0.484 e. The molecule has 0 aliphatic carbocycles. The Kier molecular flexibility index (Phi) is 6.33. The molecule has 2 aromatic carbocycles. The Morgan fingerprint density at radius 1 is 1.17 bits per heavy atom. The highest BCUT2D eigenvalue weighted by atomic mass is 32.1. The second kappa shape index (κ2) is 9.30. The van der Waals surface area contributed by atoms with Gasteiger partial charge < -0.3 is 15.0 Å². The van der Waals surface area contributed by atoms with Crippen molar-refractivity contribution in [3.8, 4) is 5.75 Å². The first kappa shape index (κ1) is 20.4. The van der Waals surface area contributed by atoms with Crippen molar-refractivity contribution in [2.75, 3.05) is 13.2 Å². The van der Waals surface area contributed by atoms with Gasteiger partial charge in [0.1, 0.15) is 11.8 Å². The summed E-state index contributed by atoms with van der Waals surface area (Å²) >= 11 is 1.75. The van der Waals surface area contributed by atoms with Gasteiger partial charge in [-0.05, 0) is 52.8 Å². The Bertz CT molecular complexity index is 1050. The fourth-order valence-corrected chi connectivity index (χ4v) is 4.73. The molecular weight excluding hydrogens is 396 g/mol. The first-order valence-corrected chi connectivity index (χ1v) is 11.3. The number of nitrogens with zero attached hydrogens (tertiary/aromatic N) is 1. The third kappa shape index (κ3) is 4.65. The van der Waals surface area contributed by atoms with Gasteiger partial charge in [-0.25, -0.2) is 0 Å². The normalized spacial score (nSPS) is 14.2. The average molecular weight is 423 g/mol. The van der Waals surface area contributed by atoms with E-state index in [-0.39, 0.29) is 18.4 Å². The second-order valence-electron chi connectivity index (χ2n) is 7.59. The maximum absolute atomic E-state index is 13.0. The predicted molar refractivity (Wildman–Crippen MR) is 120 cm³/mol. The molecule has 2 amide bonds. The lowest BCUT2D eigenvalue weighted by Gasteiger charge is -2.30. The highest BCUT2D eigenvalue weighted by Crippen LogP contribution is 2.25. The molecule has 1 aromatic heterocycles. The van der Waals surface area contributed by atoms with E-state index in [4.69, 9.17) is 4.74 Å². The molecule has 5 nitrogen and oxygen atoms in total. The molecule has 3 aromatic rings. The van der Waals surface area contributed by atoms with Crippen LogP contribution in [0.15, 0.2) is 53.9 Å². The molecular formula is C24H26N2O3S. The smallest absolute Gasteiger partial charge is 0.258 e. The molecule has 156 valence electrons. The van der Waals surface area contributed by atoms with Gasteiger partial charge in [0.15, 0.2) is 6.61 Å². The first-order valence-electron chi connectivity index (χ1n) is 10.4. The number of carbonyl (C=O) groups excluding carboxylic acids is 2. The fourth-order valence-electron chi connectivity index (χ4n) is 3.85. The van der Waals surface area contributed by atoms with Crippen molar-refractivity contribution >= 4 is 33.9 Å². The molecule has 0 bridgehead atoms. The molecule has 0 saturated heterocycles. The second-order valence-corrected chi connectivity index (χ2v) is 8.59. The zero-order chi connectivity index (χ0) is 20.9.